The number of aryl methyl sites for hydroxylation is 1. The van der Waals surface area contributed by atoms with E-state index in [4.69, 9.17) is 9.47 Å². The molecule has 0 unspecified atom stereocenters. The van der Waals surface area contributed by atoms with E-state index in [1.165, 1.54) is 0 Å². The van der Waals surface area contributed by atoms with Crippen molar-refractivity contribution in [2.45, 2.75) is 6.92 Å². The van der Waals surface area contributed by atoms with Gasteiger partial charge in [0, 0.05) is 11.8 Å². The number of hydrogen-bond acceptors (Lipinski definition) is 4. The fraction of sp³-hybridized carbons (Fsp3) is 0.231. The molecule has 0 N–H and O–H groups in total. The summed E-state index contributed by atoms with van der Waals surface area (Å²) >= 11 is 0. The molecule has 0 saturated heterocycles. The van der Waals surface area contributed by atoms with Gasteiger partial charge in [0.15, 0.2) is 0 Å². The van der Waals surface area contributed by atoms with Crippen molar-refractivity contribution in [2.75, 3.05) is 14.2 Å². The molecule has 2 rings (SSSR count). The maximum atomic E-state index is 5.32. The second-order valence-corrected chi connectivity index (χ2v) is 3.56. The zero-order chi connectivity index (χ0) is 12.3. The predicted molar refractivity (Wildman–Crippen MR) is 65.3 cm³/mol. The van der Waals surface area contributed by atoms with Crippen molar-refractivity contribution >= 4 is 0 Å². The van der Waals surface area contributed by atoms with Crippen molar-refractivity contribution in [2.24, 2.45) is 0 Å². The van der Waals surface area contributed by atoms with E-state index in [1.54, 1.807) is 20.4 Å². The lowest BCUT2D eigenvalue weighted by atomic mass is 10.1. The average Bonchev–Trinajstić information content (AvgIpc) is 2.38. The number of methoxy groups -OCH3 is 2. The molecule has 0 aliphatic rings. The molecule has 0 saturated carbocycles. The number of benzene rings is 1. The van der Waals surface area contributed by atoms with Crippen LogP contribution in [-0.4, -0.2) is 24.2 Å². The van der Waals surface area contributed by atoms with Gasteiger partial charge in [-0.2, -0.15) is 0 Å². The standard InChI is InChI=1S/C13H14N2O2/c1-9-14-7-6-12(15-9)11-8-10(16-2)4-5-13(11)17-3/h4-8H,1-3H3. The molecule has 2 aromatic rings. The highest BCUT2D eigenvalue weighted by atomic mass is 16.5. The van der Waals surface area contributed by atoms with Crippen LogP contribution in [0.5, 0.6) is 11.5 Å². The van der Waals surface area contributed by atoms with Crippen molar-refractivity contribution in [3.05, 3.63) is 36.3 Å². The Balaban J connectivity index is 2.56. The highest BCUT2D eigenvalue weighted by molar-refractivity contribution is 5.68. The van der Waals surface area contributed by atoms with E-state index in [2.05, 4.69) is 9.97 Å². The van der Waals surface area contributed by atoms with Crippen molar-refractivity contribution in [1.82, 2.24) is 9.97 Å². The molecule has 0 bridgehead atoms. The fourth-order valence-electron chi connectivity index (χ4n) is 1.62. The summed E-state index contributed by atoms with van der Waals surface area (Å²) in [6.45, 7) is 1.86. The lowest BCUT2D eigenvalue weighted by Gasteiger charge is -2.10. The molecule has 17 heavy (non-hydrogen) atoms. The van der Waals surface area contributed by atoms with Crippen LogP contribution >= 0.6 is 0 Å². The average molecular weight is 230 g/mol. The quantitative estimate of drug-likeness (QED) is 0.812. The summed E-state index contributed by atoms with van der Waals surface area (Å²) in [6.07, 6.45) is 1.73. The van der Waals surface area contributed by atoms with Gasteiger partial charge in [-0.25, -0.2) is 9.97 Å². The number of nitrogens with zero attached hydrogens (tertiary/aromatic N) is 2. The molecular weight excluding hydrogens is 216 g/mol. The van der Waals surface area contributed by atoms with Crippen LogP contribution in [0.1, 0.15) is 5.82 Å². The third-order valence-electron chi connectivity index (χ3n) is 2.46. The largest absolute Gasteiger partial charge is 0.497 e. The normalized spacial score (nSPS) is 10.1. The van der Waals surface area contributed by atoms with E-state index in [-0.39, 0.29) is 0 Å². The van der Waals surface area contributed by atoms with Gasteiger partial charge in [0.1, 0.15) is 17.3 Å². The first-order chi connectivity index (χ1) is 8.24. The first kappa shape index (κ1) is 11.4. The molecule has 0 amide bonds. The van der Waals surface area contributed by atoms with E-state index < -0.39 is 0 Å². The number of rotatable bonds is 3. The van der Waals surface area contributed by atoms with Gasteiger partial charge in [-0.1, -0.05) is 0 Å². The first-order valence-electron chi connectivity index (χ1n) is 5.26. The van der Waals surface area contributed by atoms with Crippen LogP contribution in [0.2, 0.25) is 0 Å². The van der Waals surface area contributed by atoms with E-state index in [0.29, 0.717) is 0 Å². The van der Waals surface area contributed by atoms with Gasteiger partial charge in [-0.15, -0.1) is 0 Å². The van der Waals surface area contributed by atoms with E-state index in [0.717, 1.165) is 28.6 Å². The molecule has 0 aliphatic carbocycles. The molecule has 0 atom stereocenters. The molecule has 0 fully saturated rings. The molecule has 1 aromatic heterocycles. The Morgan fingerprint density at radius 1 is 1.06 bits per heavy atom. The van der Waals surface area contributed by atoms with Gasteiger partial charge in [0.05, 0.1) is 19.9 Å². The molecular formula is C13H14N2O2. The molecule has 0 spiro atoms. The Bertz CT molecular complexity index is 527. The van der Waals surface area contributed by atoms with Crippen molar-refractivity contribution in [3.8, 4) is 22.8 Å². The zero-order valence-electron chi connectivity index (χ0n) is 10.1. The Hall–Kier alpha value is -2.10. The van der Waals surface area contributed by atoms with Crippen LogP contribution in [0.3, 0.4) is 0 Å². The van der Waals surface area contributed by atoms with Gasteiger partial charge in [-0.05, 0) is 31.2 Å². The number of ether oxygens (including phenoxy) is 2. The van der Waals surface area contributed by atoms with Crippen LogP contribution < -0.4 is 9.47 Å². The van der Waals surface area contributed by atoms with E-state index in [1.807, 2.05) is 31.2 Å². The SMILES string of the molecule is COc1ccc(OC)c(-c2ccnc(C)n2)c1. The Labute approximate surface area is 100 Å². The predicted octanol–water partition coefficient (Wildman–Crippen LogP) is 2.47. The summed E-state index contributed by atoms with van der Waals surface area (Å²) in [4.78, 5) is 8.46. The molecule has 4 nitrogen and oxygen atoms in total. The minimum atomic E-state index is 0.729. The van der Waals surface area contributed by atoms with Gasteiger partial charge in [-0.3, -0.25) is 0 Å². The molecule has 0 radical (unpaired) electrons. The van der Waals surface area contributed by atoms with E-state index in [9.17, 15) is 0 Å². The smallest absolute Gasteiger partial charge is 0.128 e. The third kappa shape index (κ3) is 2.36. The molecule has 1 aromatic carbocycles. The van der Waals surface area contributed by atoms with Crippen molar-refractivity contribution in [3.63, 3.8) is 0 Å². The maximum Gasteiger partial charge on any atom is 0.128 e. The van der Waals surface area contributed by atoms with Gasteiger partial charge < -0.3 is 9.47 Å². The van der Waals surface area contributed by atoms with Gasteiger partial charge in [0.2, 0.25) is 0 Å². The summed E-state index contributed by atoms with van der Waals surface area (Å²) < 4.78 is 10.5. The van der Waals surface area contributed by atoms with Crippen LogP contribution in [0, 0.1) is 6.92 Å². The summed E-state index contributed by atoms with van der Waals surface area (Å²) in [5, 5.41) is 0. The van der Waals surface area contributed by atoms with Crippen molar-refractivity contribution in [1.29, 1.82) is 0 Å². The summed E-state index contributed by atoms with van der Waals surface area (Å²) in [5.74, 6) is 2.27. The highest BCUT2D eigenvalue weighted by Crippen LogP contribution is 2.31. The topological polar surface area (TPSA) is 44.2 Å². The van der Waals surface area contributed by atoms with E-state index >= 15 is 0 Å². The minimum Gasteiger partial charge on any atom is -0.497 e. The molecule has 1 heterocycles. The van der Waals surface area contributed by atoms with Crippen LogP contribution in [0.15, 0.2) is 30.5 Å². The summed E-state index contributed by atoms with van der Waals surface area (Å²) in [7, 11) is 3.27. The maximum absolute atomic E-state index is 5.32. The van der Waals surface area contributed by atoms with Crippen LogP contribution in [0.25, 0.3) is 11.3 Å². The first-order valence-corrected chi connectivity index (χ1v) is 5.26. The fourth-order valence-corrected chi connectivity index (χ4v) is 1.62. The zero-order valence-corrected chi connectivity index (χ0v) is 10.1. The second-order valence-electron chi connectivity index (χ2n) is 3.56. The molecule has 88 valence electrons. The molecule has 0 aliphatic heterocycles. The molecule has 4 heteroatoms. The Morgan fingerprint density at radius 2 is 1.88 bits per heavy atom. The third-order valence-corrected chi connectivity index (χ3v) is 2.46. The highest BCUT2D eigenvalue weighted by Gasteiger charge is 2.09. The Kier molecular flexibility index (Phi) is 3.23. The number of hydrogen-bond donors (Lipinski definition) is 0. The van der Waals surface area contributed by atoms with Crippen molar-refractivity contribution < 1.29 is 9.47 Å². The van der Waals surface area contributed by atoms with Crippen LogP contribution in [0.4, 0.5) is 0 Å². The summed E-state index contributed by atoms with van der Waals surface area (Å²) in [6, 6.07) is 7.48. The van der Waals surface area contributed by atoms with Gasteiger partial charge in [0.25, 0.3) is 0 Å². The minimum absolute atomic E-state index is 0.729. The lowest BCUT2D eigenvalue weighted by molar-refractivity contribution is 0.404. The Morgan fingerprint density at radius 3 is 2.53 bits per heavy atom. The van der Waals surface area contributed by atoms with Crippen LogP contribution in [-0.2, 0) is 0 Å². The second kappa shape index (κ2) is 4.82. The number of aromatic nitrogens is 2. The monoisotopic (exact) mass is 230 g/mol. The van der Waals surface area contributed by atoms with Gasteiger partial charge >= 0.3 is 0 Å². The lowest BCUT2D eigenvalue weighted by Crippen LogP contribution is -1.94. The summed E-state index contributed by atoms with van der Waals surface area (Å²) in [5.41, 5.74) is 1.73.